The standard InChI is InChI=1S/C10H17IN2OSSi/c1-16(2,3)12-8-9(14)13-5-7(4-11)6-15-10(8)13/h5,8,10,12H,4,6H2,1-3H3/t8?,10-/m1/s1. The van der Waals surface area contributed by atoms with E-state index in [0.29, 0.717) is 5.37 Å². The largest absolute Gasteiger partial charge is 0.325 e. The number of carbonyl (C=O) groups is 1. The van der Waals surface area contributed by atoms with Crippen LogP contribution in [0.15, 0.2) is 11.8 Å². The highest BCUT2D eigenvalue weighted by Gasteiger charge is 2.49. The van der Waals surface area contributed by atoms with Gasteiger partial charge in [0.15, 0.2) is 0 Å². The predicted molar refractivity (Wildman–Crippen MR) is 80.3 cm³/mol. The number of halogens is 1. The van der Waals surface area contributed by atoms with Crippen LogP contribution in [0.2, 0.25) is 19.6 Å². The number of thioether (sulfide) groups is 1. The summed E-state index contributed by atoms with van der Waals surface area (Å²) in [6.45, 7) is 6.72. The molecule has 0 radical (unpaired) electrons. The number of fused-ring (bicyclic) bond motifs is 1. The quantitative estimate of drug-likeness (QED) is 0.358. The fourth-order valence-electron chi connectivity index (χ4n) is 1.90. The maximum Gasteiger partial charge on any atom is 0.247 e. The molecule has 0 aromatic heterocycles. The first kappa shape index (κ1) is 12.9. The van der Waals surface area contributed by atoms with Crippen molar-refractivity contribution < 1.29 is 4.79 Å². The Kier molecular flexibility index (Phi) is 3.73. The summed E-state index contributed by atoms with van der Waals surface area (Å²) in [4.78, 5) is 17.4. The molecule has 0 aromatic rings. The molecular weight excluding hydrogens is 351 g/mol. The van der Waals surface area contributed by atoms with Crippen LogP contribution < -0.4 is 4.98 Å². The van der Waals surface area contributed by atoms with Gasteiger partial charge < -0.3 is 9.88 Å². The summed E-state index contributed by atoms with van der Waals surface area (Å²) in [5, 5.41) is 0.339. The number of nitrogens with zero attached hydrogens (tertiary/aromatic N) is 1. The molecule has 0 aliphatic carbocycles. The highest BCUT2D eigenvalue weighted by atomic mass is 127. The van der Waals surface area contributed by atoms with E-state index in [1.54, 1.807) is 0 Å². The summed E-state index contributed by atoms with van der Waals surface area (Å²) in [7, 11) is -1.37. The number of hydrogen-bond acceptors (Lipinski definition) is 3. The zero-order chi connectivity index (χ0) is 11.9. The van der Waals surface area contributed by atoms with Crippen molar-refractivity contribution in [3.05, 3.63) is 11.8 Å². The maximum atomic E-state index is 12.0. The van der Waals surface area contributed by atoms with Crippen molar-refractivity contribution in [2.45, 2.75) is 31.1 Å². The molecule has 2 atom stereocenters. The molecule has 0 spiro atoms. The predicted octanol–water partition coefficient (Wildman–Crippen LogP) is 2.01. The average molecular weight is 368 g/mol. The molecule has 90 valence electrons. The van der Waals surface area contributed by atoms with Crippen LogP contribution in [0.3, 0.4) is 0 Å². The highest BCUT2D eigenvalue weighted by molar-refractivity contribution is 14.1. The van der Waals surface area contributed by atoms with E-state index >= 15 is 0 Å². The van der Waals surface area contributed by atoms with Gasteiger partial charge in [0.2, 0.25) is 5.91 Å². The van der Waals surface area contributed by atoms with E-state index in [1.807, 2.05) is 16.7 Å². The van der Waals surface area contributed by atoms with Crippen LogP contribution in [0.25, 0.3) is 0 Å². The molecule has 1 fully saturated rings. The number of β-lactam (4-membered cyclic amide) rings is 1. The van der Waals surface area contributed by atoms with Crippen LogP contribution in [-0.4, -0.2) is 40.6 Å². The van der Waals surface area contributed by atoms with Crippen LogP contribution in [0.5, 0.6) is 0 Å². The Balaban J connectivity index is 2.04. The van der Waals surface area contributed by atoms with Gasteiger partial charge in [0.1, 0.15) is 19.7 Å². The molecule has 1 saturated heterocycles. The van der Waals surface area contributed by atoms with Crippen molar-refractivity contribution in [3.8, 4) is 0 Å². The molecule has 1 unspecified atom stereocenters. The Bertz CT molecular complexity index is 342. The van der Waals surface area contributed by atoms with E-state index in [0.717, 1.165) is 10.2 Å². The monoisotopic (exact) mass is 368 g/mol. The second kappa shape index (κ2) is 4.62. The minimum absolute atomic E-state index is 0.0590. The smallest absolute Gasteiger partial charge is 0.247 e. The summed E-state index contributed by atoms with van der Waals surface area (Å²) in [6, 6.07) is 0.0590. The van der Waals surface area contributed by atoms with Gasteiger partial charge in [-0.1, -0.05) is 42.2 Å². The number of hydrogen-bond donors (Lipinski definition) is 1. The van der Waals surface area contributed by atoms with E-state index in [2.05, 4.69) is 53.4 Å². The Morgan fingerprint density at radius 1 is 1.62 bits per heavy atom. The zero-order valence-electron chi connectivity index (χ0n) is 9.79. The summed E-state index contributed by atoms with van der Waals surface area (Å²) in [6.07, 6.45) is 2.05. The van der Waals surface area contributed by atoms with Crippen LogP contribution >= 0.6 is 34.4 Å². The van der Waals surface area contributed by atoms with Crippen molar-refractivity contribution in [2.75, 3.05) is 10.2 Å². The van der Waals surface area contributed by atoms with Crippen molar-refractivity contribution in [3.63, 3.8) is 0 Å². The van der Waals surface area contributed by atoms with Gasteiger partial charge in [0.05, 0.1) is 0 Å². The van der Waals surface area contributed by atoms with Gasteiger partial charge in [0.25, 0.3) is 0 Å². The van der Waals surface area contributed by atoms with E-state index < -0.39 is 8.24 Å². The molecule has 1 amide bonds. The first-order valence-electron chi connectivity index (χ1n) is 5.39. The molecule has 0 saturated carbocycles. The summed E-state index contributed by atoms with van der Waals surface area (Å²) in [5.41, 5.74) is 1.36. The fourth-order valence-corrected chi connectivity index (χ4v) is 5.33. The molecule has 2 aliphatic rings. The first-order valence-corrected chi connectivity index (χ1v) is 11.5. The van der Waals surface area contributed by atoms with Gasteiger partial charge in [-0.15, -0.1) is 11.8 Å². The third kappa shape index (κ3) is 2.49. The van der Waals surface area contributed by atoms with Crippen LogP contribution in [0.1, 0.15) is 0 Å². The van der Waals surface area contributed by atoms with Crippen molar-refractivity contribution in [2.24, 2.45) is 0 Å². The van der Waals surface area contributed by atoms with Gasteiger partial charge in [-0.3, -0.25) is 4.79 Å². The molecule has 6 heteroatoms. The van der Waals surface area contributed by atoms with Crippen LogP contribution in [-0.2, 0) is 4.79 Å². The van der Waals surface area contributed by atoms with Gasteiger partial charge >= 0.3 is 0 Å². The molecule has 2 aliphatic heterocycles. The normalized spacial score (nSPS) is 29.6. The lowest BCUT2D eigenvalue weighted by atomic mass is 10.1. The second-order valence-corrected chi connectivity index (χ2v) is 11.9. The Hall–Kier alpha value is 0.467. The number of alkyl halides is 1. The highest BCUT2D eigenvalue weighted by Crippen LogP contribution is 2.36. The Labute approximate surface area is 116 Å². The third-order valence-corrected chi connectivity index (χ3v) is 6.14. The summed E-state index contributed by atoms with van der Waals surface area (Å²) in [5.74, 6) is 1.32. The lowest BCUT2D eigenvalue weighted by Crippen LogP contribution is -2.71. The van der Waals surface area contributed by atoms with Gasteiger partial charge in [-0.05, 0) is 5.57 Å². The van der Waals surface area contributed by atoms with Crippen molar-refractivity contribution >= 4 is 48.5 Å². The summed E-state index contributed by atoms with van der Waals surface area (Å²) >= 11 is 4.24. The topological polar surface area (TPSA) is 32.3 Å². The van der Waals surface area contributed by atoms with Crippen molar-refractivity contribution in [1.82, 2.24) is 9.88 Å². The van der Waals surface area contributed by atoms with E-state index in [9.17, 15) is 4.79 Å². The molecule has 16 heavy (non-hydrogen) atoms. The molecule has 0 aromatic carbocycles. The minimum Gasteiger partial charge on any atom is -0.325 e. The van der Waals surface area contributed by atoms with Crippen LogP contribution in [0, 0.1) is 0 Å². The van der Waals surface area contributed by atoms with Crippen LogP contribution in [0.4, 0.5) is 0 Å². The molecule has 2 rings (SSSR count). The minimum atomic E-state index is -1.37. The number of carbonyl (C=O) groups excluding carboxylic acids is 1. The lowest BCUT2D eigenvalue weighted by Gasteiger charge is -2.49. The number of rotatable bonds is 3. The van der Waals surface area contributed by atoms with E-state index in [4.69, 9.17) is 0 Å². The first-order chi connectivity index (χ1) is 7.42. The molecule has 2 heterocycles. The number of amides is 1. The molecule has 1 N–H and O–H groups in total. The van der Waals surface area contributed by atoms with Gasteiger partial charge in [0, 0.05) is 16.4 Å². The molecule has 0 bridgehead atoms. The summed E-state index contributed by atoms with van der Waals surface area (Å²) < 4.78 is 1.02. The SMILES string of the molecule is C[Si](C)(C)NC1C(=O)N2C=C(CI)CS[C@H]12. The average Bonchev–Trinajstić information content (AvgIpc) is 2.23. The Morgan fingerprint density at radius 2 is 2.31 bits per heavy atom. The maximum absolute atomic E-state index is 12.0. The molecule has 3 nitrogen and oxygen atoms in total. The zero-order valence-corrected chi connectivity index (χ0v) is 13.8. The third-order valence-electron chi connectivity index (χ3n) is 2.60. The second-order valence-electron chi connectivity index (χ2n) is 5.24. The Morgan fingerprint density at radius 3 is 2.88 bits per heavy atom. The number of nitrogens with one attached hydrogen (secondary N) is 1. The van der Waals surface area contributed by atoms with Gasteiger partial charge in [-0.25, -0.2) is 0 Å². The fraction of sp³-hybridized carbons (Fsp3) is 0.700. The van der Waals surface area contributed by atoms with E-state index in [-0.39, 0.29) is 11.9 Å². The lowest BCUT2D eigenvalue weighted by molar-refractivity contribution is -0.141. The van der Waals surface area contributed by atoms with Gasteiger partial charge in [-0.2, -0.15) is 0 Å². The molecular formula is C10H17IN2OSSi. The van der Waals surface area contributed by atoms with Crippen molar-refractivity contribution in [1.29, 1.82) is 0 Å². The van der Waals surface area contributed by atoms with E-state index in [1.165, 1.54) is 5.57 Å².